The Morgan fingerprint density at radius 2 is 1.87 bits per heavy atom. The number of ether oxygens (including phenoxy) is 1. The standard InChI is InChI=1S/C18H19BrN2O2/c19-15-8-6-13(7-9-15)16-12-21(10-11-23-16)18(22)17(20)14-4-2-1-3-5-14/h1-9,16-17H,10-12,20H2. The molecule has 1 aliphatic heterocycles. The van der Waals surface area contributed by atoms with Crippen LogP contribution in [-0.2, 0) is 9.53 Å². The molecular formula is C18H19BrN2O2. The number of amides is 1. The van der Waals surface area contributed by atoms with Gasteiger partial charge in [0.1, 0.15) is 12.1 Å². The summed E-state index contributed by atoms with van der Waals surface area (Å²) < 4.78 is 6.84. The molecule has 4 nitrogen and oxygen atoms in total. The molecule has 23 heavy (non-hydrogen) atoms. The van der Waals surface area contributed by atoms with Crippen molar-refractivity contribution in [2.24, 2.45) is 5.73 Å². The van der Waals surface area contributed by atoms with Crippen LogP contribution in [0.15, 0.2) is 59.1 Å². The first-order valence-corrected chi connectivity index (χ1v) is 8.41. The lowest BCUT2D eigenvalue weighted by Crippen LogP contribution is -2.46. The Labute approximate surface area is 144 Å². The molecule has 2 N–H and O–H groups in total. The van der Waals surface area contributed by atoms with E-state index < -0.39 is 6.04 Å². The van der Waals surface area contributed by atoms with Gasteiger partial charge in [-0.15, -0.1) is 0 Å². The molecule has 5 heteroatoms. The topological polar surface area (TPSA) is 55.6 Å². The quantitative estimate of drug-likeness (QED) is 0.897. The molecular weight excluding hydrogens is 356 g/mol. The Morgan fingerprint density at radius 3 is 2.57 bits per heavy atom. The highest BCUT2D eigenvalue weighted by Gasteiger charge is 2.29. The van der Waals surface area contributed by atoms with Gasteiger partial charge in [0.25, 0.3) is 0 Å². The van der Waals surface area contributed by atoms with Crippen LogP contribution >= 0.6 is 15.9 Å². The zero-order chi connectivity index (χ0) is 16.2. The fourth-order valence-electron chi connectivity index (χ4n) is 2.73. The lowest BCUT2D eigenvalue weighted by Gasteiger charge is -2.34. The molecule has 1 aliphatic rings. The fraction of sp³-hybridized carbons (Fsp3) is 0.278. The fourth-order valence-corrected chi connectivity index (χ4v) is 2.99. The van der Waals surface area contributed by atoms with Crippen LogP contribution < -0.4 is 5.73 Å². The van der Waals surface area contributed by atoms with Crippen LogP contribution in [0, 0.1) is 0 Å². The number of carbonyl (C=O) groups excluding carboxylic acids is 1. The van der Waals surface area contributed by atoms with E-state index in [1.807, 2.05) is 54.6 Å². The van der Waals surface area contributed by atoms with E-state index in [0.29, 0.717) is 19.7 Å². The van der Waals surface area contributed by atoms with Crippen LogP contribution in [0.4, 0.5) is 0 Å². The van der Waals surface area contributed by atoms with Gasteiger partial charge >= 0.3 is 0 Å². The van der Waals surface area contributed by atoms with E-state index in [4.69, 9.17) is 10.5 Å². The molecule has 0 aromatic heterocycles. The SMILES string of the molecule is NC(C(=O)N1CCOC(c2ccc(Br)cc2)C1)c1ccccc1. The maximum absolute atomic E-state index is 12.7. The second-order valence-electron chi connectivity index (χ2n) is 5.58. The maximum atomic E-state index is 12.7. The van der Waals surface area contributed by atoms with E-state index in [1.54, 1.807) is 4.90 Å². The van der Waals surface area contributed by atoms with E-state index in [-0.39, 0.29) is 12.0 Å². The highest BCUT2D eigenvalue weighted by Crippen LogP contribution is 2.25. The molecule has 0 radical (unpaired) electrons. The Balaban J connectivity index is 1.70. The Hall–Kier alpha value is -1.69. The highest BCUT2D eigenvalue weighted by molar-refractivity contribution is 9.10. The molecule has 2 aromatic rings. The molecule has 1 fully saturated rings. The molecule has 3 rings (SSSR count). The van der Waals surface area contributed by atoms with Gasteiger partial charge in [0.15, 0.2) is 0 Å². The number of hydrogen-bond donors (Lipinski definition) is 1. The van der Waals surface area contributed by atoms with E-state index in [0.717, 1.165) is 15.6 Å². The van der Waals surface area contributed by atoms with Gasteiger partial charge in [-0.3, -0.25) is 4.79 Å². The first-order chi connectivity index (χ1) is 11.1. The van der Waals surface area contributed by atoms with Gasteiger partial charge in [0.2, 0.25) is 5.91 Å². The normalized spacial score (nSPS) is 19.4. The molecule has 0 bridgehead atoms. The number of nitrogens with zero attached hydrogens (tertiary/aromatic N) is 1. The van der Waals surface area contributed by atoms with Gasteiger partial charge in [0.05, 0.1) is 13.2 Å². The summed E-state index contributed by atoms with van der Waals surface area (Å²) in [6.45, 7) is 1.63. The third-order valence-corrected chi connectivity index (χ3v) is 4.57. The molecule has 120 valence electrons. The van der Waals surface area contributed by atoms with E-state index >= 15 is 0 Å². The summed E-state index contributed by atoms with van der Waals surface area (Å²) in [4.78, 5) is 14.5. The van der Waals surface area contributed by atoms with E-state index in [2.05, 4.69) is 15.9 Å². The average Bonchev–Trinajstić information content (AvgIpc) is 2.62. The molecule has 1 heterocycles. The largest absolute Gasteiger partial charge is 0.370 e. The van der Waals surface area contributed by atoms with Crippen LogP contribution in [0.2, 0.25) is 0 Å². The number of benzene rings is 2. The summed E-state index contributed by atoms with van der Waals surface area (Å²) in [6.07, 6.45) is -0.108. The Morgan fingerprint density at radius 1 is 1.17 bits per heavy atom. The smallest absolute Gasteiger partial charge is 0.244 e. The van der Waals surface area contributed by atoms with Gasteiger partial charge < -0.3 is 15.4 Å². The van der Waals surface area contributed by atoms with Crippen LogP contribution in [0.5, 0.6) is 0 Å². The molecule has 2 aromatic carbocycles. The minimum Gasteiger partial charge on any atom is -0.370 e. The highest BCUT2D eigenvalue weighted by atomic mass is 79.9. The molecule has 1 saturated heterocycles. The second-order valence-corrected chi connectivity index (χ2v) is 6.50. The minimum atomic E-state index is -0.625. The summed E-state index contributed by atoms with van der Waals surface area (Å²) in [5.74, 6) is -0.0541. The number of morpholine rings is 1. The van der Waals surface area contributed by atoms with Crippen molar-refractivity contribution in [1.29, 1.82) is 0 Å². The molecule has 2 atom stereocenters. The van der Waals surface area contributed by atoms with Crippen molar-refractivity contribution < 1.29 is 9.53 Å². The van der Waals surface area contributed by atoms with Crippen molar-refractivity contribution in [2.45, 2.75) is 12.1 Å². The van der Waals surface area contributed by atoms with Crippen molar-refractivity contribution in [3.8, 4) is 0 Å². The summed E-state index contributed by atoms with van der Waals surface area (Å²) >= 11 is 3.43. The predicted molar refractivity (Wildman–Crippen MR) is 92.8 cm³/mol. The van der Waals surface area contributed by atoms with Crippen molar-refractivity contribution in [3.63, 3.8) is 0 Å². The minimum absolute atomic E-state index is 0.0541. The maximum Gasteiger partial charge on any atom is 0.244 e. The first kappa shape index (κ1) is 16.2. The number of nitrogens with two attached hydrogens (primary N) is 1. The average molecular weight is 375 g/mol. The van der Waals surface area contributed by atoms with Crippen LogP contribution in [0.25, 0.3) is 0 Å². The first-order valence-electron chi connectivity index (χ1n) is 7.61. The number of carbonyl (C=O) groups is 1. The van der Waals surface area contributed by atoms with Gasteiger partial charge in [0, 0.05) is 11.0 Å². The molecule has 0 aliphatic carbocycles. The molecule has 2 unspecified atom stereocenters. The summed E-state index contributed by atoms with van der Waals surface area (Å²) in [6, 6.07) is 16.8. The number of hydrogen-bond acceptors (Lipinski definition) is 3. The molecule has 1 amide bonds. The van der Waals surface area contributed by atoms with Gasteiger partial charge in [-0.1, -0.05) is 58.4 Å². The number of halogens is 1. The van der Waals surface area contributed by atoms with E-state index in [9.17, 15) is 4.79 Å². The van der Waals surface area contributed by atoms with Gasteiger partial charge in [-0.25, -0.2) is 0 Å². The van der Waals surface area contributed by atoms with Crippen molar-refractivity contribution >= 4 is 21.8 Å². The summed E-state index contributed by atoms with van der Waals surface area (Å²) in [5.41, 5.74) is 8.04. The lowest BCUT2D eigenvalue weighted by molar-refractivity contribution is -0.140. The third kappa shape index (κ3) is 3.80. The predicted octanol–water partition coefficient (Wildman–Crippen LogP) is 3.05. The Kier molecular flexibility index (Phi) is 5.10. The van der Waals surface area contributed by atoms with Gasteiger partial charge in [-0.05, 0) is 23.3 Å². The van der Waals surface area contributed by atoms with Crippen LogP contribution in [-0.4, -0.2) is 30.5 Å². The van der Waals surface area contributed by atoms with E-state index in [1.165, 1.54) is 0 Å². The van der Waals surface area contributed by atoms with Crippen LogP contribution in [0.3, 0.4) is 0 Å². The van der Waals surface area contributed by atoms with Crippen molar-refractivity contribution in [3.05, 3.63) is 70.2 Å². The van der Waals surface area contributed by atoms with Gasteiger partial charge in [-0.2, -0.15) is 0 Å². The van der Waals surface area contributed by atoms with Crippen LogP contribution in [0.1, 0.15) is 23.3 Å². The number of rotatable bonds is 3. The van der Waals surface area contributed by atoms with Crippen molar-refractivity contribution in [2.75, 3.05) is 19.7 Å². The molecule has 0 spiro atoms. The third-order valence-electron chi connectivity index (χ3n) is 4.04. The lowest BCUT2D eigenvalue weighted by atomic mass is 10.0. The summed E-state index contributed by atoms with van der Waals surface area (Å²) in [5, 5.41) is 0. The zero-order valence-corrected chi connectivity index (χ0v) is 14.3. The zero-order valence-electron chi connectivity index (χ0n) is 12.7. The molecule has 0 saturated carbocycles. The van der Waals surface area contributed by atoms with Crippen molar-refractivity contribution in [1.82, 2.24) is 4.90 Å². The monoisotopic (exact) mass is 374 g/mol. The Bertz CT molecular complexity index is 660. The second kappa shape index (κ2) is 7.25. The summed E-state index contributed by atoms with van der Waals surface area (Å²) in [7, 11) is 0.